The van der Waals surface area contributed by atoms with Gasteiger partial charge < -0.3 is 4.90 Å². The molecule has 1 N–H and O–H groups in total. The summed E-state index contributed by atoms with van der Waals surface area (Å²) >= 11 is 6.13. The lowest BCUT2D eigenvalue weighted by molar-refractivity contribution is 0.824. The fourth-order valence-electron chi connectivity index (χ4n) is 5.02. The molecule has 0 fully saturated rings. The maximum Gasteiger partial charge on any atom is 0.207 e. The molecular weight excluding hydrogens is 474 g/mol. The lowest BCUT2D eigenvalue weighted by Crippen LogP contribution is -2.41. The van der Waals surface area contributed by atoms with E-state index in [-0.39, 0.29) is 0 Å². The Morgan fingerprint density at radius 1 is 0.649 bits per heavy atom. The van der Waals surface area contributed by atoms with Crippen molar-refractivity contribution >= 4 is 34.6 Å². The third-order valence-electron chi connectivity index (χ3n) is 7.12. The summed E-state index contributed by atoms with van der Waals surface area (Å²) < 4.78 is 0. The first-order chi connectivity index (χ1) is 17.5. The quantitative estimate of drug-likeness (QED) is 0.183. The van der Waals surface area contributed by atoms with Gasteiger partial charge in [0.05, 0.1) is 11.4 Å². The Bertz CT molecular complexity index is 1160. The molecule has 3 aromatic rings. The number of halogens is 1. The molecule has 3 nitrogen and oxygen atoms in total. The zero-order valence-corrected chi connectivity index (χ0v) is 24.8. The molecule has 0 spiro atoms. The molecule has 0 heterocycles. The Kier molecular flexibility index (Phi) is 9.47. The summed E-state index contributed by atoms with van der Waals surface area (Å²) in [6, 6.07) is 21.5. The van der Waals surface area contributed by atoms with Gasteiger partial charge in [-0.1, -0.05) is 104 Å². The van der Waals surface area contributed by atoms with Crippen molar-refractivity contribution in [2.75, 3.05) is 16.8 Å². The Morgan fingerprint density at radius 2 is 1.03 bits per heavy atom. The van der Waals surface area contributed by atoms with E-state index in [0.717, 1.165) is 22.6 Å². The molecule has 0 atom stereocenters. The predicted octanol–water partition coefficient (Wildman–Crippen LogP) is 10.1. The average Bonchev–Trinajstić information content (AvgIpc) is 2.87. The van der Waals surface area contributed by atoms with Gasteiger partial charge >= 0.3 is 0 Å². The molecular formula is C33H44ClN3. The molecule has 0 aliphatic rings. The molecule has 3 rings (SSSR count). The predicted molar refractivity (Wildman–Crippen MR) is 164 cm³/mol. The van der Waals surface area contributed by atoms with Crippen LogP contribution in [0.2, 0.25) is 0 Å². The topological polar surface area (TPSA) is 30.3 Å². The maximum atomic E-state index is 9.74. The van der Waals surface area contributed by atoms with E-state index in [1.807, 2.05) is 7.05 Å². The highest BCUT2D eigenvalue weighted by Gasteiger charge is 2.28. The minimum atomic E-state index is 0.311. The second-order valence-corrected chi connectivity index (χ2v) is 11.5. The van der Waals surface area contributed by atoms with E-state index in [9.17, 15) is 5.41 Å². The van der Waals surface area contributed by atoms with E-state index in [1.165, 1.54) is 22.3 Å². The summed E-state index contributed by atoms with van der Waals surface area (Å²) in [6.07, 6.45) is 0. The summed E-state index contributed by atoms with van der Waals surface area (Å²) in [5.41, 5.74) is 9.28. The normalized spacial score (nSPS) is 11.6. The Hall–Kier alpha value is -2.78. The van der Waals surface area contributed by atoms with Gasteiger partial charge in [-0.2, -0.15) is 0 Å². The van der Waals surface area contributed by atoms with Gasteiger partial charge in [-0.15, -0.1) is 11.6 Å². The highest BCUT2D eigenvalue weighted by atomic mass is 35.5. The van der Waals surface area contributed by atoms with Gasteiger partial charge in [0.1, 0.15) is 0 Å². The van der Waals surface area contributed by atoms with Gasteiger partial charge in [0.25, 0.3) is 0 Å². The third-order valence-corrected chi connectivity index (χ3v) is 7.43. The van der Waals surface area contributed by atoms with Crippen molar-refractivity contribution < 1.29 is 0 Å². The lowest BCUT2D eigenvalue weighted by atomic mass is 9.91. The van der Waals surface area contributed by atoms with Crippen LogP contribution in [0.15, 0.2) is 60.7 Å². The van der Waals surface area contributed by atoms with Crippen LogP contribution >= 0.6 is 11.6 Å². The smallest absolute Gasteiger partial charge is 0.207 e. The van der Waals surface area contributed by atoms with Gasteiger partial charge in [0.2, 0.25) is 5.96 Å². The molecule has 0 saturated carbocycles. The largest absolute Gasteiger partial charge is 0.315 e. The standard InChI is InChI=1S/C33H44ClN3/c1-21(2)27-12-10-13-28(22(3)4)31(27)36(9)33(35)37(26-18-16-25(20-34)17-19-26)32-29(23(5)6)14-11-15-30(32)24(7)8/h10-19,21-24,35H,20H2,1-9H3. The first-order valence-corrected chi connectivity index (χ1v) is 14.1. The molecule has 198 valence electrons. The average molecular weight is 518 g/mol. The molecule has 0 saturated heterocycles. The molecule has 4 heteroatoms. The molecule has 3 aromatic carbocycles. The number of benzene rings is 3. The number of anilines is 3. The summed E-state index contributed by atoms with van der Waals surface area (Å²) in [4.78, 5) is 4.23. The molecule has 0 radical (unpaired) electrons. The first-order valence-electron chi connectivity index (χ1n) is 13.5. The highest BCUT2D eigenvalue weighted by Crippen LogP contribution is 2.41. The van der Waals surface area contributed by atoms with Crippen LogP contribution in [0.5, 0.6) is 0 Å². The first kappa shape index (κ1) is 28.8. The van der Waals surface area contributed by atoms with Gasteiger partial charge in [-0.25, -0.2) is 0 Å². The fraction of sp³-hybridized carbons (Fsp3) is 0.424. The van der Waals surface area contributed by atoms with Crippen molar-refractivity contribution in [1.29, 1.82) is 5.41 Å². The second-order valence-electron chi connectivity index (χ2n) is 11.2. The van der Waals surface area contributed by atoms with Gasteiger partial charge in [0.15, 0.2) is 0 Å². The van der Waals surface area contributed by atoms with Crippen LogP contribution in [0.1, 0.15) is 107 Å². The zero-order valence-electron chi connectivity index (χ0n) is 24.1. The fourth-order valence-corrected chi connectivity index (χ4v) is 5.19. The molecule has 0 aromatic heterocycles. The van der Waals surface area contributed by atoms with E-state index in [0.29, 0.717) is 35.5 Å². The van der Waals surface area contributed by atoms with Crippen molar-refractivity contribution in [3.8, 4) is 0 Å². The number of rotatable bonds is 8. The van der Waals surface area contributed by atoms with Crippen LogP contribution in [0, 0.1) is 5.41 Å². The summed E-state index contributed by atoms with van der Waals surface area (Å²) in [5.74, 6) is 2.21. The minimum absolute atomic E-state index is 0.311. The second kappa shape index (κ2) is 12.2. The molecule has 0 aliphatic carbocycles. The maximum absolute atomic E-state index is 9.74. The van der Waals surface area contributed by atoms with Crippen molar-refractivity contribution in [3.05, 3.63) is 88.5 Å². The number of nitrogens with zero attached hydrogens (tertiary/aromatic N) is 2. The number of hydrogen-bond acceptors (Lipinski definition) is 1. The lowest BCUT2D eigenvalue weighted by Gasteiger charge is -2.37. The van der Waals surface area contributed by atoms with Gasteiger partial charge in [0, 0.05) is 18.6 Å². The highest BCUT2D eigenvalue weighted by molar-refractivity contribution is 6.17. The van der Waals surface area contributed by atoms with E-state index in [2.05, 4.69) is 126 Å². The zero-order chi connectivity index (χ0) is 27.4. The Morgan fingerprint density at radius 3 is 1.38 bits per heavy atom. The molecule has 0 amide bonds. The van der Waals surface area contributed by atoms with E-state index < -0.39 is 0 Å². The van der Waals surface area contributed by atoms with E-state index in [1.54, 1.807) is 0 Å². The van der Waals surface area contributed by atoms with Crippen molar-refractivity contribution in [3.63, 3.8) is 0 Å². The molecule has 37 heavy (non-hydrogen) atoms. The number of para-hydroxylation sites is 2. The summed E-state index contributed by atoms with van der Waals surface area (Å²) in [5, 5.41) is 9.74. The summed E-state index contributed by atoms with van der Waals surface area (Å²) in [6.45, 7) is 17.8. The number of guanidine groups is 1. The van der Waals surface area contributed by atoms with Crippen LogP contribution in [-0.2, 0) is 5.88 Å². The SMILES string of the molecule is CC(C)c1cccc(C(C)C)c1N(C)C(=N)N(c1ccc(CCl)cc1)c1c(C(C)C)cccc1C(C)C. The number of hydrogen-bond donors (Lipinski definition) is 1. The summed E-state index contributed by atoms with van der Waals surface area (Å²) in [7, 11) is 2.04. The van der Waals surface area contributed by atoms with Gasteiger partial charge in [-0.05, 0) is 63.6 Å². The Balaban J connectivity index is 2.32. The van der Waals surface area contributed by atoms with Crippen LogP contribution in [0.4, 0.5) is 17.1 Å². The van der Waals surface area contributed by atoms with Crippen molar-refractivity contribution in [2.45, 2.75) is 84.9 Å². The van der Waals surface area contributed by atoms with Crippen LogP contribution in [0.25, 0.3) is 0 Å². The van der Waals surface area contributed by atoms with E-state index in [4.69, 9.17) is 11.6 Å². The van der Waals surface area contributed by atoms with Crippen LogP contribution in [0.3, 0.4) is 0 Å². The van der Waals surface area contributed by atoms with Crippen molar-refractivity contribution in [1.82, 2.24) is 0 Å². The number of alkyl halides is 1. The molecule has 0 unspecified atom stereocenters. The number of nitrogens with one attached hydrogen (secondary N) is 1. The van der Waals surface area contributed by atoms with Crippen LogP contribution < -0.4 is 9.80 Å². The molecule has 0 bridgehead atoms. The van der Waals surface area contributed by atoms with Gasteiger partial charge in [-0.3, -0.25) is 10.3 Å². The monoisotopic (exact) mass is 517 g/mol. The van der Waals surface area contributed by atoms with E-state index >= 15 is 0 Å². The molecule has 0 aliphatic heterocycles. The van der Waals surface area contributed by atoms with Crippen LogP contribution in [-0.4, -0.2) is 13.0 Å². The minimum Gasteiger partial charge on any atom is -0.315 e. The Labute approximate surface area is 230 Å². The van der Waals surface area contributed by atoms with Crippen molar-refractivity contribution in [2.24, 2.45) is 0 Å². The third kappa shape index (κ3) is 6.04.